The van der Waals surface area contributed by atoms with Crippen LogP contribution in [0.25, 0.3) is 0 Å². The van der Waals surface area contributed by atoms with E-state index in [9.17, 15) is 14.4 Å². The van der Waals surface area contributed by atoms with E-state index in [0.29, 0.717) is 31.2 Å². The first-order chi connectivity index (χ1) is 11.1. The van der Waals surface area contributed by atoms with Gasteiger partial charge >= 0.3 is 5.97 Å². The number of ether oxygens (including phenoxy) is 1. The van der Waals surface area contributed by atoms with Crippen molar-refractivity contribution in [3.8, 4) is 0 Å². The monoisotopic (exact) mass is 322 g/mol. The number of carbonyl (C=O) groups excluding carboxylic acids is 3. The second kappa shape index (κ2) is 6.89. The Labute approximate surface area is 136 Å². The summed E-state index contributed by atoms with van der Waals surface area (Å²) < 4.78 is 4.91. The first-order valence-electron chi connectivity index (χ1n) is 8.75. The lowest BCUT2D eigenvalue weighted by atomic mass is 9.84. The van der Waals surface area contributed by atoms with E-state index in [0.717, 1.165) is 32.1 Å². The van der Waals surface area contributed by atoms with E-state index >= 15 is 0 Å². The summed E-state index contributed by atoms with van der Waals surface area (Å²) in [5.41, 5.74) is 0. The first-order valence-corrected chi connectivity index (χ1v) is 8.75. The summed E-state index contributed by atoms with van der Waals surface area (Å²) >= 11 is 0. The van der Waals surface area contributed by atoms with Crippen molar-refractivity contribution in [1.29, 1.82) is 0 Å². The van der Waals surface area contributed by atoms with Crippen molar-refractivity contribution in [3.05, 3.63) is 0 Å². The van der Waals surface area contributed by atoms with Gasteiger partial charge in [0.15, 0.2) is 0 Å². The standard InChI is InChI=1S/C17H26N2O4/c1-23-17(22)14-11-6-7-12(9-11)15(14)19-13(20)3-2-8-18-16(21)10-4-5-10/h10-12,14-15H,2-9H2,1H3,(H,18,21)(H,19,20). The third kappa shape index (κ3) is 3.67. The molecule has 2 amide bonds. The van der Waals surface area contributed by atoms with Crippen molar-refractivity contribution in [2.75, 3.05) is 13.7 Å². The minimum Gasteiger partial charge on any atom is -0.469 e. The molecular formula is C17H26N2O4. The lowest BCUT2D eigenvalue weighted by Crippen LogP contribution is -2.47. The SMILES string of the molecule is COC(=O)C1C2CCC(C2)C1NC(=O)CCCNC(=O)C1CC1. The molecular weight excluding hydrogens is 296 g/mol. The molecule has 2 N–H and O–H groups in total. The molecule has 2 bridgehead atoms. The van der Waals surface area contributed by atoms with Gasteiger partial charge in [-0.05, 0) is 50.4 Å². The van der Waals surface area contributed by atoms with Gasteiger partial charge in [0.1, 0.15) is 0 Å². The fourth-order valence-corrected chi connectivity index (χ4v) is 4.18. The zero-order valence-electron chi connectivity index (χ0n) is 13.7. The van der Waals surface area contributed by atoms with Crippen LogP contribution >= 0.6 is 0 Å². The van der Waals surface area contributed by atoms with E-state index in [1.165, 1.54) is 7.11 Å². The fraction of sp³-hybridized carbons (Fsp3) is 0.824. The van der Waals surface area contributed by atoms with Crippen LogP contribution in [-0.4, -0.2) is 37.5 Å². The lowest BCUT2D eigenvalue weighted by Gasteiger charge is -2.29. The van der Waals surface area contributed by atoms with Crippen molar-refractivity contribution in [1.82, 2.24) is 10.6 Å². The number of hydrogen-bond donors (Lipinski definition) is 2. The van der Waals surface area contributed by atoms with E-state index in [-0.39, 0.29) is 35.7 Å². The highest BCUT2D eigenvalue weighted by Crippen LogP contribution is 2.48. The molecule has 3 fully saturated rings. The molecule has 3 aliphatic rings. The Balaban J connectivity index is 1.41. The van der Waals surface area contributed by atoms with Gasteiger partial charge in [-0.3, -0.25) is 14.4 Å². The van der Waals surface area contributed by atoms with Crippen LogP contribution in [0.15, 0.2) is 0 Å². The summed E-state index contributed by atoms with van der Waals surface area (Å²) in [5, 5.41) is 5.91. The van der Waals surface area contributed by atoms with Gasteiger partial charge in [-0.2, -0.15) is 0 Å². The Bertz CT molecular complexity index is 489. The largest absolute Gasteiger partial charge is 0.469 e. The highest BCUT2D eigenvalue weighted by atomic mass is 16.5. The second-order valence-corrected chi connectivity index (χ2v) is 7.14. The van der Waals surface area contributed by atoms with E-state index in [4.69, 9.17) is 4.74 Å². The maximum atomic E-state index is 12.1. The van der Waals surface area contributed by atoms with Crippen LogP contribution in [0.4, 0.5) is 0 Å². The van der Waals surface area contributed by atoms with Gasteiger partial charge in [-0.25, -0.2) is 0 Å². The average Bonchev–Trinajstić information content (AvgIpc) is 3.21. The number of esters is 1. The maximum Gasteiger partial charge on any atom is 0.311 e. The highest BCUT2D eigenvalue weighted by Gasteiger charge is 2.51. The van der Waals surface area contributed by atoms with Crippen LogP contribution in [0.2, 0.25) is 0 Å². The van der Waals surface area contributed by atoms with Crippen molar-refractivity contribution in [2.45, 2.75) is 51.0 Å². The molecule has 6 nitrogen and oxygen atoms in total. The third-order valence-corrected chi connectivity index (χ3v) is 5.55. The minimum atomic E-state index is -0.195. The molecule has 0 saturated heterocycles. The number of fused-ring (bicyclic) bond motifs is 2. The molecule has 0 aromatic rings. The summed E-state index contributed by atoms with van der Waals surface area (Å²) in [5.74, 6) is 0.676. The van der Waals surface area contributed by atoms with Crippen LogP contribution < -0.4 is 10.6 Å². The molecule has 3 saturated carbocycles. The molecule has 0 spiro atoms. The molecule has 0 aromatic heterocycles. The van der Waals surface area contributed by atoms with Crippen molar-refractivity contribution >= 4 is 17.8 Å². The van der Waals surface area contributed by atoms with Gasteiger partial charge in [0.25, 0.3) is 0 Å². The Hall–Kier alpha value is -1.59. The van der Waals surface area contributed by atoms with Crippen LogP contribution in [-0.2, 0) is 19.1 Å². The molecule has 3 rings (SSSR count). The van der Waals surface area contributed by atoms with Gasteiger partial charge in [0.2, 0.25) is 11.8 Å². The van der Waals surface area contributed by atoms with E-state index in [1.54, 1.807) is 0 Å². The summed E-state index contributed by atoms with van der Waals surface area (Å²) in [6.45, 7) is 0.542. The molecule has 0 aliphatic heterocycles. The van der Waals surface area contributed by atoms with E-state index in [2.05, 4.69) is 10.6 Å². The van der Waals surface area contributed by atoms with Gasteiger partial charge in [0.05, 0.1) is 13.0 Å². The summed E-state index contributed by atoms with van der Waals surface area (Å²) in [7, 11) is 1.41. The molecule has 23 heavy (non-hydrogen) atoms. The Morgan fingerprint density at radius 3 is 2.52 bits per heavy atom. The van der Waals surface area contributed by atoms with Gasteiger partial charge in [-0.1, -0.05) is 0 Å². The summed E-state index contributed by atoms with van der Waals surface area (Å²) in [6.07, 6.45) is 6.16. The second-order valence-electron chi connectivity index (χ2n) is 7.14. The van der Waals surface area contributed by atoms with Gasteiger partial charge < -0.3 is 15.4 Å². The predicted molar refractivity (Wildman–Crippen MR) is 83.2 cm³/mol. The van der Waals surface area contributed by atoms with Crippen molar-refractivity contribution in [2.24, 2.45) is 23.7 Å². The number of methoxy groups -OCH3 is 1. The third-order valence-electron chi connectivity index (χ3n) is 5.55. The highest BCUT2D eigenvalue weighted by molar-refractivity contribution is 5.81. The van der Waals surface area contributed by atoms with Crippen molar-refractivity contribution < 1.29 is 19.1 Å². The Morgan fingerprint density at radius 1 is 1.09 bits per heavy atom. The number of carbonyl (C=O) groups is 3. The molecule has 0 heterocycles. The quantitative estimate of drug-likeness (QED) is 0.541. The average molecular weight is 322 g/mol. The van der Waals surface area contributed by atoms with Crippen LogP contribution in [0, 0.1) is 23.7 Å². The zero-order chi connectivity index (χ0) is 16.4. The predicted octanol–water partition coefficient (Wildman–Crippen LogP) is 0.997. The van der Waals surface area contributed by atoms with Crippen LogP contribution in [0.5, 0.6) is 0 Å². The Morgan fingerprint density at radius 2 is 1.83 bits per heavy atom. The summed E-state index contributed by atoms with van der Waals surface area (Å²) in [4.78, 5) is 35.6. The number of nitrogens with one attached hydrogen (secondary N) is 2. The smallest absolute Gasteiger partial charge is 0.311 e. The molecule has 0 radical (unpaired) electrons. The molecule has 0 aromatic carbocycles. The molecule has 4 atom stereocenters. The zero-order valence-corrected chi connectivity index (χ0v) is 13.7. The topological polar surface area (TPSA) is 84.5 Å². The summed E-state index contributed by atoms with van der Waals surface area (Å²) in [6, 6.07) is -0.0743. The minimum absolute atomic E-state index is 0.0304. The van der Waals surface area contributed by atoms with E-state index < -0.39 is 0 Å². The van der Waals surface area contributed by atoms with E-state index in [1.807, 2.05) is 0 Å². The Kier molecular flexibility index (Phi) is 4.87. The number of rotatable bonds is 7. The number of hydrogen-bond acceptors (Lipinski definition) is 4. The normalized spacial score (nSPS) is 31.7. The molecule has 3 aliphatic carbocycles. The number of amides is 2. The van der Waals surface area contributed by atoms with Gasteiger partial charge in [-0.15, -0.1) is 0 Å². The van der Waals surface area contributed by atoms with Crippen LogP contribution in [0.1, 0.15) is 44.9 Å². The molecule has 4 unspecified atom stereocenters. The molecule has 128 valence electrons. The molecule has 6 heteroatoms. The van der Waals surface area contributed by atoms with Crippen molar-refractivity contribution in [3.63, 3.8) is 0 Å². The van der Waals surface area contributed by atoms with Crippen LogP contribution in [0.3, 0.4) is 0 Å². The first kappa shape index (κ1) is 16.3. The van der Waals surface area contributed by atoms with Gasteiger partial charge in [0, 0.05) is 24.9 Å². The lowest BCUT2D eigenvalue weighted by molar-refractivity contribution is -0.148. The fourth-order valence-electron chi connectivity index (χ4n) is 4.18. The maximum absolute atomic E-state index is 12.1.